The first-order chi connectivity index (χ1) is 6.24. The second-order valence-electron chi connectivity index (χ2n) is 3.52. The summed E-state index contributed by atoms with van der Waals surface area (Å²) in [6.45, 7) is 12.2. The van der Waals surface area contributed by atoms with Crippen LogP contribution in [0.1, 0.15) is 40.5 Å². The fourth-order valence-electron chi connectivity index (χ4n) is 1.44. The number of nitrogens with zero attached hydrogens (tertiary/aromatic N) is 1. The van der Waals surface area contributed by atoms with Gasteiger partial charge >= 0.3 is 0 Å². The maximum absolute atomic E-state index is 3.19. The lowest BCUT2D eigenvalue weighted by atomic mass is 10.1. The molecule has 0 radical (unpaired) electrons. The average Bonchev–Trinajstić information content (AvgIpc) is 2.12. The van der Waals surface area contributed by atoms with E-state index in [-0.39, 0.29) is 0 Å². The predicted molar refractivity (Wildman–Crippen MR) is 59.6 cm³/mol. The van der Waals surface area contributed by atoms with Crippen LogP contribution in [-0.4, -0.2) is 24.5 Å². The highest BCUT2D eigenvalue weighted by atomic mass is 15.1. The summed E-state index contributed by atoms with van der Waals surface area (Å²) in [6, 6.07) is 0. The van der Waals surface area contributed by atoms with Crippen molar-refractivity contribution < 1.29 is 0 Å². The highest BCUT2D eigenvalue weighted by Gasteiger charge is 2.02. The van der Waals surface area contributed by atoms with Crippen LogP contribution in [0.4, 0.5) is 0 Å². The lowest BCUT2D eigenvalue weighted by Crippen LogP contribution is -2.26. The summed E-state index contributed by atoms with van der Waals surface area (Å²) < 4.78 is 0. The molecule has 0 spiro atoms. The van der Waals surface area contributed by atoms with Gasteiger partial charge in [-0.3, -0.25) is 0 Å². The van der Waals surface area contributed by atoms with E-state index in [1.165, 1.54) is 32.5 Å². The Bertz CT molecular complexity index is 164. The zero-order valence-corrected chi connectivity index (χ0v) is 9.56. The van der Waals surface area contributed by atoms with Crippen molar-refractivity contribution in [2.24, 2.45) is 5.92 Å². The summed E-state index contributed by atoms with van der Waals surface area (Å²) in [4.78, 5) is 2.49. The van der Waals surface area contributed by atoms with E-state index in [9.17, 15) is 0 Å². The van der Waals surface area contributed by atoms with Gasteiger partial charge in [-0.25, -0.2) is 0 Å². The Morgan fingerprint density at radius 1 is 1.23 bits per heavy atom. The second kappa shape index (κ2) is 8.13. The van der Waals surface area contributed by atoms with E-state index < -0.39 is 0 Å². The van der Waals surface area contributed by atoms with E-state index >= 15 is 0 Å². The van der Waals surface area contributed by atoms with Crippen molar-refractivity contribution in [3.63, 3.8) is 0 Å². The third kappa shape index (κ3) is 6.66. The largest absolute Gasteiger partial charge is 0.304 e. The van der Waals surface area contributed by atoms with Gasteiger partial charge in [0.15, 0.2) is 0 Å². The maximum atomic E-state index is 3.19. The van der Waals surface area contributed by atoms with Crippen molar-refractivity contribution >= 4 is 0 Å². The molecule has 1 nitrogen and oxygen atoms in total. The lowest BCUT2D eigenvalue weighted by molar-refractivity contribution is 0.276. The quantitative estimate of drug-likeness (QED) is 0.570. The first-order valence-corrected chi connectivity index (χ1v) is 5.39. The van der Waals surface area contributed by atoms with Crippen LogP contribution >= 0.6 is 0 Å². The first-order valence-electron chi connectivity index (χ1n) is 5.39. The molecule has 0 saturated heterocycles. The van der Waals surface area contributed by atoms with E-state index in [2.05, 4.69) is 37.5 Å². The molecule has 76 valence electrons. The van der Waals surface area contributed by atoms with E-state index in [4.69, 9.17) is 0 Å². The van der Waals surface area contributed by atoms with Crippen molar-refractivity contribution in [2.75, 3.05) is 19.6 Å². The molecule has 1 atom stereocenters. The Balaban J connectivity index is 3.62. The van der Waals surface area contributed by atoms with Crippen LogP contribution in [0, 0.1) is 17.8 Å². The van der Waals surface area contributed by atoms with E-state index in [0.29, 0.717) is 5.92 Å². The molecule has 0 N–H and O–H groups in total. The molecule has 0 aliphatic heterocycles. The fraction of sp³-hybridized carbons (Fsp3) is 0.833. The van der Waals surface area contributed by atoms with Crippen LogP contribution in [0.25, 0.3) is 0 Å². The molecule has 1 unspecified atom stereocenters. The SMILES string of the molecule is CC#CC(C)CCN(CC)CCC. The van der Waals surface area contributed by atoms with Crippen molar-refractivity contribution in [3.8, 4) is 11.8 Å². The molecule has 0 rings (SSSR count). The standard InChI is InChI=1S/C12H23N/c1-5-8-12(4)9-11-13(7-3)10-6-2/h12H,6-7,9-11H2,1-4H3. The van der Waals surface area contributed by atoms with Crippen molar-refractivity contribution in [1.82, 2.24) is 4.90 Å². The highest BCUT2D eigenvalue weighted by Crippen LogP contribution is 2.02. The van der Waals surface area contributed by atoms with Crippen LogP contribution in [-0.2, 0) is 0 Å². The average molecular weight is 181 g/mol. The van der Waals surface area contributed by atoms with Crippen LogP contribution < -0.4 is 0 Å². The van der Waals surface area contributed by atoms with Crippen LogP contribution in [0.15, 0.2) is 0 Å². The van der Waals surface area contributed by atoms with Gasteiger partial charge < -0.3 is 4.90 Å². The predicted octanol–water partition coefficient (Wildman–Crippen LogP) is 2.77. The zero-order valence-electron chi connectivity index (χ0n) is 9.56. The first kappa shape index (κ1) is 12.5. The van der Waals surface area contributed by atoms with E-state index in [0.717, 1.165) is 0 Å². The summed E-state index contributed by atoms with van der Waals surface area (Å²) in [6.07, 6.45) is 2.45. The Morgan fingerprint density at radius 2 is 1.92 bits per heavy atom. The summed E-state index contributed by atoms with van der Waals surface area (Å²) in [7, 11) is 0. The van der Waals surface area contributed by atoms with Gasteiger partial charge in [-0.05, 0) is 39.4 Å². The topological polar surface area (TPSA) is 3.24 Å². The monoisotopic (exact) mass is 181 g/mol. The van der Waals surface area contributed by atoms with Gasteiger partial charge in [-0.2, -0.15) is 0 Å². The molecule has 0 aromatic carbocycles. The van der Waals surface area contributed by atoms with Gasteiger partial charge in [0, 0.05) is 5.92 Å². The molecule has 0 fully saturated rings. The van der Waals surface area contributed by atoms with Gasteiger partial charge in [-0.15, -0.1) is 11.8 Å². The molecule has 0 aliphatic carbocycles. The van der Waals surface area contributed by atoms with E-state index in [1.54, 1.807) is 0 Å². The Kier molecular flexibility index (Phi) is 7.83. The van der Waals surface area contributed by atoms with Gasteiger partial charge in [0.05, 0.1) is 0 Å². The van der Waals surface area contributed by atoms with Gasteiger partial charge in [0.1, 0.15) is 0 Å². The van der Waals surface area contributed by atoms with Gasteiger partial charge in [0.2, 0.25) is 0 Å². The maximum Gasteiger partial charge on any atom is 0.0186 e. The minimum Gasteiger partial charge on any atom is -0.304 e. The zero-order chi connectivity index (χ0) is 10.1. The second-order valence-corrected chi connectivity index (χ2v) is 3.52. The van der Waals surface area contributed by atoms with Crippen molar-refractivity contribution in [3.05, 3.63) is 0 Å². The third-order valence-electron chi connectivity index (χ3n) is 2.26. The summed E-state index contributed by atoms with van der Waals surface area (Å²) >= 11 is 0. The van der Waals surface area contributed by atoms with Gasteiger partial charge in [-0.1, -0.05) is 20.8 Å². The third-order valence-corrected chi connectivity index (χ3v) is 2.26. The molecule has 0 aromatic rings. The number of hydrogen-bond acceptors (Lipinski definition) is 1. The molecule has 0 amide bonds. The molecular weight excluding hydrogens is 158 g/mol. The Hall–Kier alpha value is -0.480. The summed E-state index contributed by atoms with van der Waals surface area (Å²) in [5.41, 5.74) is 0. The Labute approximate surface area is 83.5 Å². The minimum absolute atomic E-state index is 0.552. The normalized spacial score (nSPS) is 12.4. The molecule has 0 heterocycles. The highest BCUT2D eigenvalue weighted by molar-refractivity contribution is 4.99. The molecule has 13 heavy (non-hydrogen) atoms. The molecule has 0 saturated carbocycles. The summed E-state index contributed by atoms with van der Waals surface area (Å²) in [5, 5.41) is 0. The number of hydrogen-bond donors (Lipinski definition) is 0. The van der Waals surface area contributed by atoms with Crippen molar-refractivity contribution in [1.29, 1.82) is 0 Å². The molecule has 0 aliphatic rings. The van der Waals surface area contributed by atoms with Crippen molar-refractivity contribution in [2.45, 2.75) is 40.5 Å². The van der Waals surface area contributed by atoms with Gasteiger partial charge in [0.25, 0.3) is 0 Å². The minimum atomic E-state index is 0.552. The van der Waals surface area contributed by atoms with Crippen LogP contribution in [0.5, 0.6) is 0 Å². The molecule has 0 bridgehead atoms. The number of rotatable bonds is 6. The van der Waals surface area contributed by atoms with Crippen LogP contribution in [0.2, 0.25) is 0 Å². The molecule has 0 aromatic heterocycles. The van der Waals surface area contributed by atoms with E-state index in [1.807, 2.05) is 6.92 Å². The molecular formula is C12H23N. The smallest absolute Gasteiger partial charge is 0.0186 e. The van der Waals surface area contributed by atoms with Crippen LogP contribution in [0.3, 0.4) is 0 Å². The lowest BCUT2D eigenvalue weighted by Gasteiger charge is -2.19. The fourth-order valence-corrected chi connectivity index (χ4v) is 1.44. The summed E-state index contributed by atoms with van der Waals surface area (Å²) in [5.74, 6) is 6.71. The molecule has 1 heteroatoms. The Morgan fingerprint density at radius 3 is 2.38 bits per heavy atom.